The van der Waals surface area contributed by atoms with Crippen LogP contribution in [-0.2, 0) is 0 Å². The van der Waals surface area contributed by atoms with Crippen molar-refractivity contribution in [3.63, 3.8) is 0 Å². The molecule has 0 radical (unpaired) electrons. The van der Waals surface area contributed by atoms with E-state index in [0.717, 1.165) is 23.1 Å². The third-order valence-electron chi connectivity index (χ3n) is 2.16. The van der Waals surface area contributed by atoms with Crippen molar-refractivity contribution in [1.29, 1.82) is 5.26 Å². The van der Waals surface area contributed by atoms with Crippen molar-refractivity contribution in [2.24, 2.45) is 5.73 Å². The van der Waals surface area contributed by atoms with Crippen LogP contribution in [0.25, 0.3) is 0 Å². The lowest BCUT2D eigenvalue weighted by Gasteiger charge is -2.14. The summed E-state index contributed by atoms with van der Waals surface area (Å²) in [5.74, 6) is 0.991. The van der Waals surface area contributed by atoms with Crippen molar-refractivity contribution in [3.8, 4) is 6.07 Å². The van der Waals surface area contributed by atoms with Gasteiger partial charge in [-0.05, 0) is 43.7 Å². The second-order valence-corrected chi connectivity index (χ2v) is 6.02. The first-order valence-corrected chi connectivity index (χ1v) is 6.90. The van der Waals surface area contributed by atoms with Crippen LogP contribution in [0.5, 0.6) is 0 Å². The SMILES string of the molecule is CC(N)(C#N)CCCSc1cccc(Br)c1. The van der Waals surface area contributed by atoms with Gasteiger partial charge in [-0.3, -0.25) is 0 Å². The molecule has 2 N–H and O–H groups in total. The summed E-state index contributed by atoms with van der Waals surface area (Å²) in [7, 11) is 0. The molecule has 0 saturated heterocycles. The molecule has 0 bridgehead atoms. The predicted molar refractivity (Wildman–Crippen MR) is 72.3 cm³/mol. The minimum absolute atomic E-state index is 0.683. The summed E-state index contributed by atoms with van der Waals surface area (Å²) in [5.41, 5.74) is 5.06. The van der Waals surface area contributed by atoms with Gasteiger partial charge in [0.05, 0.1) is 6.07 Å². The highest BCUT2D eigenvalue weighted by molar-refractivity contribution is 9.10. The molecular weight excluding hydrogens is 284 g/mol. The van der Waals surface area contributed by atoms with Gasteiger partial charge in [-0.25, -0.2) is 0 Å². The number of halogens is 1. The van der Waals surface area contributed by atoms with Crippen LogP contribution in [-0.4, -0.2) is 11.3 Å². The van der Waals surface area contributed by atoms with Crippen LogP contribution in [0.3, 0.4) is 0 Å². The van der Waals surface area contributed by atoms with Crippen LogP contribution >= 0.6 is 27.7 Å². The summed E-state index contributed by atoms with van der Waals surface area (Å²) in [4.78, 5) is 1.24. The van der Waals surface area contributed by atoms with Gasteiger partial charge in [0.2, 0.25) is 0 Å². The number of nitriles is 1. The molecule has 0 amide bonds. The van der Waals surface area contributed by atoms with E-state index in [-0.39, 0.29) is 0 Å². The van der Waals surface area contributed by atoms with Gasteiger partial charge in [0.15, 0.2) is 0 Å². The minimum Gasteiger partial charge on any atom is -0.314 e. The van der Waals surface area contributed by atoms with Crippen molar-refractivity contribution < 1.29 is 0 Å². The monoisotopic (exact) mass is 298 g/mol. The largest absolute Gasteiger partial charge is 0.314 e. The van der Waals surface area contributed by atoms with Crippen molar-refractivity contribution in [2.75, 3.05) is 5.75 Å². The summed E-state index contributed by atoms with van der Waals surface area (Å²) in [5, 5.41) is 8.76. The summed E-state index contributed by atoms with van der Waals surface area (Å²) >= 11 is 5.23. The summed E-state index contributed by atoms with van der Waals surface area (Å²) < 4.78 is 1.10. The molecule has 2 nitrogen and oxygen atoms in total. The fourth-order valence-electron chi connectivity index (χ4n) is 1.24. The zero-order chi connectivity index (χ0) is 12.0. The van der Waals surface area contributed by atoms with Crippen molar-refractivity contribution in [2.45, 2.75) is 30.2 Å². The lowest BCUT2D eigenvalue weighted by atomic mass is 10.0. The van der Waals surface area contributed by atoms with Gasteiger partial charge in [0.1, 0.15) is 5.54 Å². The van der Waals surface area contributed by atoms with Crippen LogP contribution in [0.1, 0.15) is 19.8 Å². The smallest absolute Gasteiger partial charge is 0.101 e. The average molecular weight is 299 g/mol. The third-order valence-corrected chi connectivity index (χ3v) is 3.73. The molecule has 0 spiro atoms. The Morgan fingerprint density at radius 2 is 2.31 bits per heavy atom. The van der Waals surface area contributed by atoms with E-state index >= 15 is 0 Å². The van der Waals surface area contributed by atoms with E-state index in [0.29, 0.717) is 0 Å². The summed E-state index contributed by atoms with van der Waals surface area (Å²) in [6.45, 7) is 1.77. The van der Waals surface area contributed by atoms with E-state index in [9.17, 15) is 0 Å². The molecule has 1 aromatic carbocycles. The Balaban J connectivity index is 2.29. The highest BCUT2D eigenvalue weighted by atomic mass is 79.9. The van der Waals surface area contributed by atoms with Crippen molar-refractivity contribution in [1.82, 2.24) is 0 Å². The van der Waals surface area contributed by atoms with E-state index in [1.165, 1.54) is 4.90 Å². The number of benzene rings is 1. The second-order valence-electron chi connectivity index (χ2n) is 3.94. The fourth-order valence-corrected chi connectivity index (χ4v) is 2.70. The van der Waals surface area contributed by atoms with Gasteiger partial charge in [-0.15, -0.1) is 11.8 Å². The minimum atomic E-state index is -0.683. The van der Waals surface area contributed by atoms with Gasteiger partial charge in [-0.1, -0.05) is 22.0 Å². The molecule has 1 rings (SSSR count). The molecule has 0 aliphatic carbocycles. The topological polar surface area (TPSA) is 49.8 Å². The Labute approximate surface area is 109 Å². The van der Waals surface area contributed by atoms with Crippen molar-refractivity contribution >= 4 is 27.7 Å². The highest BCUT2D eigenvalue weighted by Crippen LogP contribution is 2.23. The third kappa shape index (κ3) is 5.02. The Hall–Kier alpha value is -0.500. The molecule has 4 heteroatoms. The first-order valence-electron chi connectivity index (χ1n) is 5.12. The maximum absolute atomic E-state index is 8.76. The Morgan fingerprint density at radius 1 is 1.56 bits per heavy atom. The first-order chi connectivity index (χ1) is 7.53. The Morgan fingerprint density at radius 3 is 2.94 bits per heavy atom. The predicted octanol–water partition coefficient (Wildman–Crippen LogP) is 3.56. The molecule has 16 heavy (non-hydrogen) atoms. The summed E-state index contributed by atoms with van der Waals surface area (Å²) in [6.07, 6.45) is 1.70. The normalized spacial score (nSPS) is 14.1. The maximum atomic E-state index is 8.76. The summed E-state index contributed by atoms with van der Waals surface area (Å²) in [6, 6.07) is 10.3. The number of nitrogens with two attached hydrogens (primary N) is 1. The number of thioether (sulfide) groups is 1. The van der Waals surface area contributed by atoms with Gasteiger partial charge >= 0.3 is 0 Å². The van der Waals surface area contributed by atoms with Crippen LogP contribution in [0, 0.1) is 11.3 Å². The van der Waals surface area contributed by atoms with Crippen molar-refractivity contribution in [3.05, 3.63) is 28.7 Å². The molecule has 0 saturated carbocycles. The molecule has 0 fully saturated rings. The zero-order valence-corrected chi connectivity index (χ0v) is 11.6. The molecule has 0 aliphatic heterocycles. The molecule has 1 atom stereocenters. The fraction of sp³-hybridized carbons (Fsp3) is 0.417. The standard InChI is InChI=1S/C12H15BrN2S/c1-12(15,9-14)6-3-7-16-11-5-2-4-10(13)8-11/h2,4-5,8H,3,6-7,15H2,1H3. The Kier molecular flexibility index (Phi) is 5.33. The van der Waals surface area contributed by atoms with E-state index in [4.69, 9.17) is 11.0 Å². The van der Waals surface area contributed by atoms with Gasteiger partial charge in [-0.2, -0.15) is 5.26 Å². The van der Waals surface area contributed by atoms with E-state index in [1.807, 2.05) is 12.1 Å². The average Bonchev–Trinajstić information content (AvgIpc) is 2.25. The van der Waals surface area contributed by atoms with Crippen LogP contribution in [0.15, 0.2) is 33.6 Å². The van der Waals surface area contributed by atoms with Gasteiger partial charge in [0, 0.05) is 9.37 Å². The van der Waals surface area contributed by atoms with E-state index in [1.54, 1.807) is 18.7 Å². The molecule has 0 aliphatic rings. The lowest BCUT2D eigenvalue weighted by molar-refractivity contribution is 0.540. The molecule has 1 unspecified atom stereocenters. The Bertz CT molecular complexity index is 385. The molecule has 1 aromatic rings. The maximum Gasteiger partial charge on any atom is 0.101 e. The van der Waals surface area contributed by atoms with E-state index in [2.05, 4.69) is 34.1 Å². The number of hydrogen-bond acceptors (Lipinski definition) is 3. The second kappa shape index (κ2) is 6.29. The lowest BCUT2D eigenvalue weighted by Crippen LogP contribution is -2.33. The van der Waals surface area contributed by atoms with Crippen LogP contribution in [0.4, 0.5) is 0 Å². The van der Waals surface area contributed by atoms with E-state index < -0.39 is 5.54 Å². The quantitative estimate of drug-likeness (QED) is 0.668. The number of hydrogen-bond donors (Lipinski definition) is 1. The molecule has 86 valence electrons. The number of rotatable bonds is 5. The molecule has 0 heterocycles. The highest BCUT2D eigenvalue weighted by Gasteiger charge is 2.15. The zero-order valence-electron chi connectivity index (χ0n) is 9.24. The van der Waals surface area contributed by atoms with Gasteiger partial charge < -0.3 is 5.73 Å². The van der Waals surface area contributed by atoms with Crippen LogP contribution in [0.2, 0.25) is 0 Å². The first kappa shape index (κ1) is 13.6. The van der Waals surface area contributed by atoms with Crippen LogP contribution < -0.4 is 5.73 Å². The molecular formula is C12H15BrN2S. The number of nitrogens with zero attached hydrogens (tertiary/aromatic N) is 1. The molecule has 0 aromatic heterocycles. The van der Waals surface area contributed by atoms with Gasteiger partial charge in [0.25, 0.3) is 0 Å².